The van der Waals surface area contributed by atoms with Crippen LogP contribution in [0.3, 0.4) is 0 Å². The Balaban J connectivity index is 1.99. The highest BCUT2D eigenvalue weighted by atomic mass is 16.5. The number of amides is 1. The molecule has 5 heteroatoms. The zero-order valence-electron chi connectivity index (χ0n) is 13.0. The van der Waals surface area contributed by atoms with Crippen molar-refractivity contribution in [3.05, 3.63) is 34.9 Å². The van der Waals surface area contributed by atoms with Crippen LogP contribution < -0.4 is 0 Å². The number of benzene rings is 1. The molecule has 1 atom stereocenters. The fourth-order valence-electron chi connectivity index (χ4n) is 3.47. The van der Waals surface area contributed by atoms with Gasteiger partial charge in [0.15, 0.2) is 6.04 Å². The van der Waals surface area contributed by atoms with E-state index in [1.165, 1.54) is 4.90 Å². The maximum atomic E-state index is 12.9. The number of hydrogen-bond acceptors (Lipinski definition) is 3. The van der Waals surface area contributed by atoms with Crippen LogP contribution in [0.2, 0.25) is 0 Å². The van der Waals surface area contributed by atoms with Crippen LogP contribution in [0.4, 0.5) is 0 Å². The highest BCUT2D eigenvalue weighted by molar-refractivity contribution is 5.89. The third-order valence-corrected chi connectivity index (χ3v) is 5.04. The van der Waals surface area contributed by atoms with E-state index in [0.717, 1.165) is 16.7 Å². The molecule has 3 rings (SSSR count). The summed E-state index contributed by atoms with van der Waals surface area (Å²) < 4.78 is 5.23. The molecule has 1 N–H and O–H groups in total. The normalized spacial score (nSPS) is 22.6. The summed E-state index contributed by atoms with van der Waals surface area (Å²) in [4.78, 5) is 26.3. The lowest BCUT2D eigenvalue weighted by molar-refractivity contribution is -0.179. The summed E-state index contributed by atoms with van der Waals surface area (Å²) in [5.41, 5.74) is 2.37. The van der Waals surface area contributed by atoms with E-state index in [0.29, 0.717) is 32.6 Å². The summed E-state index contributed by atoms with van der Waals surface area (Å²) in [7, 11) is 0. The molecule has 0 saturated carbocycles. The minimum Gasteiger partial charge on any atom is -0.479 e. The molecule has 5 nitrogen and oxygen atoms in total. The van der Waals surface area contributed by atoms with Crippen molar-refractivity contribution in [2.24, 2.45) is 5.41 Å². The number of carbonyl (C=O) groups is 2. The van der Waals surface area contributed by atoms with E-state index in [4.69, 9.17) is 4.74 Å². The lowest BCUT2D eigenvalue weighted by atomic mass is 9.79. The molecule has 2 heterocycles. The van der Waals surface area contributed by atoms with Crippen molar-refractivity contribution in [3.8, 4) is 0 Å². The maximum absolute atomic E-state index is 12.9. The van der Waals surface area contributed by atoms with Gasteiger partial charge in [-0.15, -0.1) is 0 Å². The Labute approximate surface area is 129 Å². The van der Waals surface area contributed by atoms with E-state index in [9.17, 15) is 14.7 Å². The number of carboxylic acid groups (broad SMARTS) is 1. The molecule has 1 saturated heterocycles. The van der Waals surface area contributed by atoms with Crippen molar-refractivity contribution >= 4 is 11.9 Å². The van der Waals surface area contributed by atoms with Crippen molar-refractivity contribution in [1.82, 2.24) is 4.90 Å². The SMILES string of the molecule is CCC1(C(=O)N2CCc3c(C)cccc3C2C(=O)O)COC1. The van der Waals surface area contributed by atoms with Gasteiger partial charge in [0.25, 0.3) is 0 Å². The Hall–Kier alpha value is -1.88. The Bertz CT molecular complexity index is 616. The van der Waals surface area contributed by atoms with Gasteiger partial charge in [-0.3, -0.25) is 4.79 Å². The minimum absolute atomic E-state index is 0.0826. The topological polar surface area (TPSA) is 66.8 Å². The molecule has 0 aromatic heterocycles. The molecule has 2 aliphatic rings. The summed E-state index contributed by atoms with van der Waals surface area (Å²) in [5.74, 6) is -1.05. The number of aliphatic carboxylic acids is 1. The molecule has 0 radical (unpaired) electrons. The van der Waals surface area contributed by atoms with Crippen LogP contribution in [0.5, 0.6) is 0 Å². The van der Waals surface area contributed by atoms with E-state index < -0.39 is 17.4 Å². The Morgan fingerprint density at radius 3 is 2.68 bits per heavy atom. The second kappa shape index (κ2) is 5.39. The van der Waals surface area contributed by atoms with Gasteiger partial charge in [0.2, 0.25) is 5.91 Å². The molecule has 1 unspecified atom stereocenters. The number of rotatable bonds is 3. The van der Waals surface area contributed by atoms with Gasteiger partial charge in [-0.2, -0.15) is 0 Å². The highest BCUT2D eigenvalue weighted by Gasteiger charge is 2.49. The van der Waals surface area contributed by atoms with Crippen molar-refractivity contribution in [3.63, 3.8) is 0 Å². The van der Waals surface area contributed by atoms with E-state index in [1.54, 1.807) is 0 Å². The first-order valence-electron chi connectivity index (χ1n) is 7.70. The van der Waals surface area contributed by atoms with Gasteiger partial charge in [0.1, 0.15) is 0 Å². The van der Waals surface area contributed by atoms with Crippen LogP contribution in [-0.4, -0.2) is 41.6 Å². The number of nitrogens with zero attached hydrogens (tertiary/aromatic N) is 1. The lowest BCUT2D eigenvalue weighted by Gasteiger charge is -2.45. The molecule has 22 heavy (non-hydrogen) atoms. The molecular weight excluding hydrogens is 282 g/mol. The number of carboxylic acids is 1. The molecule has 1 aromatic carbocycles. The average Bonchev–Trinajstić information content (AvgIpc) is 2.45. The van der Waals surface area contributed by atoms with E-state index in [-0.39, 0.29) is 5.91 Å². The average molecular weight is 303 g/mol. The van der Waals surface area contributed by atoms with E-state index in [2.05, 4.69) is 0 Å². The van der Waals surface area contributed by atoms with Crippen molar-refractivity contribution in [1.29, 1.82) is 0 Å². The van der Waals surface area contributed by atoms with Crippen molar-refractivity contribution < 1.29 is 19.4 Å². The molecule has 2 aliphatic heterocycles. The molecule has 1 aromatic rings. The monoisotopic (exact) mass is 303 g/mol. The zero-order valence-corrected chi connectivity index (χ0v) is 13.0. The quantitative estimate of drug-likeness (QED) is 0.926. The van der Waals surface area contributed by atoms with Gasteiger partial charge in [-0.1, -0.05) is 25.1 Å². The number of fused-ring (bicyclic) bond motifs is 1. The predicted molar refractivity (Wildman–Crippen MR) is 80.5 cm³/mol. The van der Waals surface area contributed by atoms with E-state index in [1.807, 2.05) is 32.0 Å². The maximum Gasteiger partial charge on any atom is 0.331 e. The van der Waals surface area contributed by atoms with Gasteiger partial charge < -0.3 is 14.7 Å². The first-order chi connectivity index (χ1) is 10.5. The van der Waals surface area contributed by atoms with Crippen LogP contribution in [0, 0.1) is 12.3 Å². The third kappa shape index (κ3) is 2.11. The summed E-state index contributed by atoms with van der Waals surface area (Å²) in [6.07, 6.45) is 1.38. The van der Waals surface area contributed by atoms with Gasteiger partial charge in [0.05, 0.1) is 18.6 Å². The zero-order chi connectivity index (χ0) is 15.9. The standard InChI is InChI=1S/C17H21NO4/c1-3-17(9-22-10-17)16(21)18-8-7-12-11(2)5-4-6-13(12)14(18)15(19)20/h4-6,14H,3,7-10H2,1-2H3,(H,19,20). The van der Waals surface area contributed by atoms with Gasteiger partial charge in [-0.25, -0.2) is 4.79 Å². The van der Waals surface area contributed by atoms with Crippen LogP contribution in [0.15, 0.2) is 18.2 Å². The van der Waals surface area contributed by atoms with E-state index >= 15 is 0 Å². The Kier molecular flexibility index (Phi) is 3.68. The smallest absolute Gasteiger partial charge is 0.331 e. The van der Waals surface area contributed by atoms with Crippen LogP contribution in [-0.2, 0) is 20.7 Å². The van der Waals surface area contributed by atoms with Gasteiger partial charge in [-0.05, 0) is 36.5 Å². The lowest BCUT2D eigenvalue weighted by Crippen LogP contribution is -2.57. The molecule has 0 bridgehead atoms. The fourth-order valence-corrected chi connectivity index (χ4v) is 3.47. The van der Waals surface area contributed by atoms with Crippen molar-refractivity contribution in [2.75, 3.05) is 19.8 Å². The summed E-state index contributed by atoms with van der Waals surface area (Å²) in [6, 6.07) is 4.79. The number of ether oxygens (including phenoxy) is 1. The Morgan fingerprint density at radius 2 is 2.14 bits per heavy atom. The fraction of sp³-hybridized carbons (Fsp3) is 0.529. The highest BCUT2D eigenvalue weighted by Crippen LogP contribution is 2.39. The molecular formula is C17H21NO4. The predicted octanol–water partition coefficient (Wildman–Crippen LogP) is 1.93. The summed E-state index contributed by atoms with van der Waals surface area (Å²) in [6.45, 7) is 5.19. The summed E-state index contributed by atoms with van der Waals surface area (Å²) in [5, 5.41) is 9.70. The second-order valence-corrected chi connectivity index (χ2v) is 6.26. The molecule has 1 fully saturated rings. The Morgan fingerprint density at radius 1 is 1.41 bits per heavy atom. The number of hydrogen-bond donors (Lipinski definition) is 1. The molecule has 0 spiro atoms. The minimum atomic E-state index is -0.966. The number of aryl methyl sites for hydroxylation is 1. The molecule has 118 valence electrons. The van der Waals surface area contributed by atoms with Crippen LogP contribution in [0.25, 0.3) is 0 Å². The number of carbonyl (C=O) groups excluding carboxylic acids is 1. The van der Waals surface area contributed by atoms with Gasteiger partial charge >= 0.3 is 5.97 Å². The van der Waals surface area contributed by atoms with Crippen LogP contribution in [0.1, 0.15) is 36.1 Å². The van der Waals surface area contributed by atoms with Gasteiger partial charge in [0, 0.05) is 6.54 Å². The van der Waals surface area contributed by atoms with Crippen molar-refractivity contribution in [2.45, 2.75) is 32.7 Å². The largest absolute Gasteiger partial charge is 0.479 e. The second-order valence-electron chi connectivity index (χ2n) is 6.26. The first-order valence-corrected chi connectivity index (χ1v) is 7.70. The summed E-state index contributed by atoms with van der Waals surface area (Å²) >= 11 is 0. The first kappa shape index (κ1) is 15.0. The molecule has 1 amide bonds. The van der Waals surface area contributed by atoms with Crippen LogP contribution >= 0.6 is 0 Å². The molecule has 0 aliphatic carbocycles. The third-order valence-electron chi connectivity index (χ3n) is 5.04.